The molecule has 0 aromatic heterocycles. The predicted molar refractivity (Wildman–Crippen MR) is 144 cm³/mol. The number of nitrogens with one attached hydrogen (secondary N) is 2. The maximum Gasteiger partial charge on any atom is 0.221 e. The van der Waals surface area contributed by atoms with Gasteiger partial charge in [0.2, 0.25) is 5.91 Å². The van der Waals surface area contributed by atoms with Crippen LogP contribution in [0.25, 0.3) is 0 Å². The zero-order valence-electron chi connectivity index (χ0n) is 23.0. The summed E-state index contributed by atoms with van der Waals surface area (Å²) >= 11 is 0. The fraction of sp³-hybridized carbons (Fsp3) is 0.759. The fourth-order valence-electron chi connectivity index (χ4n) is 5.12. The highest BCUT2D eigenvalue weighted by molar-refractivity contribution is 5.88. The van der Waals surface area contributed by atoms with Crippen LogP contribution in [0.3, 0.4) is 0 Å². The van der Waals surface area contributed by atoms with E-state index >= 15 is 0 Å². The lowest BCUT2D eigenvalue weighted by Gasteiger charge is -2.28. The molecule has 0 aliphatic carbocycles. The third-order valence-corrected chi connectivity index (χ3v) is 6.92. The van der Waals surface area contributed by atoms with Gasteiger partial charge < -0.3 is 29.6 Å². The quantitative estimate of drug-likeness (QED) is 0.246. The molecule has 3 rings (SSSR count). The maximum absolute atomic E-state index is 11.3. The topological polar surface area (TPSA) is 78.1 Å². The lowest BCUT2D eigenvalue weighted by molar-refractivity contribution is -0.234. The van der Waals surface area contributed by atoms with E-state index in [-0.39, 0.29) is 30.3 Å². The zero-order valence-corrected chi connectivity index (χ0v) is 23.0. The molecule has 2 N–H and O–H groups in total. The van der Waals surface area contributed by atoms with E-state index in [1.165, 1.54) is 64.7 Å². The first kappa shape index (κ1) is 28.9. The molecule has 2 aliphatic rings. The van der Waals surface area contributed by atoms with Crippen molar-refractivity contribution < 1.29 is 23.7 Å². The van der Waals surface area contributed by atoms with Crippen molar-refractivity contribution in [3.05, 3.63) is 24.3 Å². The summed E-state index contributed by atoms with van der Waals surface area (Å²) in [6.07, 6.45) is 11.9. The van der Waals surface area contributed by atoms with Crippen LogP contribution in [0.2, 0.25) is 0 Å². The lowest BCUT2D eigenvalue weighted by Crippen LogP contribution is -2.41. The van der Waals surface area contributed by atoms with E-state index in [1.54, 1.807) is 0 Å². The van der Waals surface area contributed by atoms with E-state index in [2.05, 4.69) is 24.5 Å². The first-order valence-electron chi connectivity index (χ1n) is 14.1. The molecule has 1 amide bonds. The van der Waals surface area contributed by atoms with Crippen molar-refractivity contribution in [3.63, 3.8) is 0 Å². The lowest BCUT2D eigenvalue weighted by atomic mass is 10.0. The summed E-state index contributed by atoms with van der Waals surface area (Å²) in [7, 11) is 0. The molecular weight excluding hydrogens is 456 g/mol. The van der Waals surface area contributed by atoms with Crippen LogP contribution in [-0.2, 0) is 23.7 Å². The summed E-state index contributed by atoms with van der Waals surface area (Å²) in [5, 5.41) is 6.30. The van der Waals surface area contributed by atoms with Crippen molar-refractivity contribution in [3.8, 4) is 0 Å². The van der Waals surface area contributed by atoms with Gasteiger partial charge in [0.1, 0.15) is 18.3 Å². The number of unbranched alkanes of at least 4 members (excludes halogenated alkanes) is 9. The van der Waals surface area contributed by atoms with E-state index in [0.29, 0.717) is 6.61 Å². The number of ether oxygens (including phenoxy) is 4. The van der Waals surface area contributed by atoms with E-state index < -0.39 is 12.1 Å². The summed E-state index contributed by atoms with van der Waals surface area (Å²) in [5.74, 6) is -0.741. The Morgan fingerprint density at radius 1 is 0.917 bits per heavy atom. The third kappa shape index (κ3) is 9.02. The zero-order chi connectivity index (χ0) is 26.0. The Balaban J connectivity index is 1.42. The third-order valence-electron chi connectivity index (χ3n) is 6.92. The molecule has 204 valence electrons. The maximum atomic E-state index is 11.3. The molecule has 2 aliphatic heterocycles. The van der Waals surface area contributed by atoms with Crippen molar-refractivity contribution in [2.24, 2.45) is 0 Å². The van der Waals surface area contributed by atoms with Crippen LogP contribution in [0.5, 0.6) is 0 Å². The van der Waals surface area contributed by atoms with Gasteiger partial charge in [0, 0.05) is 24.9 Å². The number of rotatable bonds is 16. The summed E-state index contributed by atoms with van der Waals surface area (Å²) in [5.41, 5.74) is 1.72. The monoisotopic (exact) mass is 504 g/mol. The number of amides is 1. The van der Waals surface area contributed by atoms with E-state index in [0.717, 1.165) is 17.8 Å². The van der Waals surface area contributed by atoms with Crippen LogP contribution < -0.4 is 10.6 Å². The molecule has 0 saturated carbocycles. The van der Waals surface area contributed by atoms with Gasteiger partial charge in [-0.2, -0.15) is 0 Å². The molecule has 0 bridgehead atoms. The number of hydrogen-bond acceptors (Lipinski definition) is 6. The molecule has 2 saturated heterocycles. The number of anilines is 2. The molecule has 0 spiro atoms. The Kier molecular flexibility index (Phi) is 11.5. The van der Waals surface area contributed by atoms with Gasteiger partial charge in [-0.05, 0) is 51.5 Å². The van der Waals surface area contributed by atoms with Gasteiger partial charge >= 0.3 is 0 Å². The molecule has 2 fully saturated rings. The number of carbonyl (C=O) groups excluding carboxylic acids is 1. The smallest absolute Gasteiger partial charge is 0.221 e. The molecule has 0 radical (unpaired) electrons. The minimum atomic E-state index is -0.657. The first-order chi connectivity index (χ1) is 17.3. The van der Waals surface area contributed by atoms with Crippen LogP contribution in [-0.4, -0.2) is 48.9 Å². The standard InChI is InChI=1S/C29H48N2O5/c1-6-7-8-9-10-11-12-13-14-15-20-33-28-27-26(35-29(4,5)36-27)25(34-28)21(2)30-23-16-18-24(19-17-23)31-22(3)32/h16-19,21,25-28,30H,6-15,20H2,1-5H3,(H,31,32)/t21-,25+,26-,27-,28-/m0/s1. The van der Waals surface area contributed by atoms with Gasteiger partial charge in [0.05, 0.1) is 6.04 Å². The van der Waals surface area contributed by atoms with E-state index in [9.17, 15) is 4.79 Å². The predicted octanol–water partition coefficient (Wildman–Crippen LogP) is 6.63. The summed E-state index contributed by atoms with van der Waals surface area (Å²) in [4.78, 5) is 11.3. The van der Waals surface area contributed by atoms with Crippen LogP contribution in [0.1, 0.15) is 98.8 Å². The molecule has 0 unspecified atom stereocenters. The van der Waals surface area contributed by atoms with Gasteiger partial charge in [-0.1, -0.05) is 64.7 Å². The molecule has 2 heterocycles. The van der Waals surface area contributed by atoms with Crippen molar-refractivity contribution in [2.45, 2.75) is 135 Å². The largest absolute Gasteiger partial charge is 0.380 e. The SMILES string of the molecule is CCCCCCCCCCCCO[C@H]1O[C@H]([C@H](C)Nc2ccc(NC(C)=O)cc2)[C@@H]2OC(C)(C)O[C@H]12. The highest BCUT2D eigenvalue weighted by Gasteiger charge is 2.57. The second-order valence-electron chi connectivity index (χ2n) is 10.8. The van der Waals surface area contributed by atoms with Gasteiger partial charge in [-0.3, -0.25) is 4.79 Å². The molecule has 1 aromatic carbocycles. The Morgan fingerprint density at radius 3 is 2.08 bits per heavy atom. The Hall–Kier alpha value is -1.67. The van der Waals surface area contributed by atoms with Crippen molar-refractivity contribution in [1.82, 2.24) is 0 Å². The summed E-state index contributed by atoms with van der Waals surface area (Å²) < 4.78 is 24.9. The second kappa shape index (κ2) is 14.3. The van der Waals surface area contributed by atoms with Crippen LogP contribution in [0.15, 0.2) is 24.3 Å². The van der Waals surface area contributed by atoms with Crippen LogP contribution in [0, 0.1) is 0 Å². The number of carbonyl (C=O) groups is 1. The number of benzene rings is 1. The Labute approximate surface area is 218 Å². The normalized spacial score (nSPS) is 25.5. The van der Waals surface area contributed by atoms with Gasteiger partial charge in [0.15, 0.2) is 12.1 Å². The molecular formula is C29H48N2O5. The molecule has 7 nitrogen and oxygen atoms in total. The average molecular weight is 505 g/mol. The average Bonchev–Trinajstić information content (AvgIpc) is 3.31. The van der Waals surface area contributed by atoms with Crippen molar-refractivity contribution in [1.29, 1.82) is 0 Å². The minimum Gasteiger partial charge on any atom is -0.380 e. The molecule has 5 atom stereocenters. The molecule has 7 heteroatoms. The molecule has 1 aromatic rings. The van der Waals surface area contributed by atoms with E-state index in [1.807, 2.05) is 38.1 Å². The minimum absolute atomic E-state index is 0.0208. The number of fused-ring (bicyclic) bond motifs is 1. The number of hydrogen-bond donors (Lipinski definition) is 2. The second-order valence-corrected chi connectivity index (χ2v) is 10.8. The first-order valence-corrected chi connectivity index (χ1v) is 14.1. The Bertz CT molecular complexity index is 784. The highest BCUT2D eigenvalue weighted by Crippen LogP contribution is 2.40. The fourth-order valence-corrected chi connectivity index (χ4v) is 5.12. The van der Waals surface area contributed by atoms with Gasteiger partial charge in [0.25, 0.3) is 0 Å². The van der Waals surface area contributed by atoms with Gasteiger partial charge in [-0.15, -0.1) is 0 Å². The van der Waals surface area contributed by atoms with Gasteiger partial charge in [-0.25, -0.2) is 0 Å². The van der Waals surface area contributed by atoms with Crippen LogP contribution >= 0.6 is 0 Å². The highest BCUT2D eigenvalue weighted by atomic mass is 16.8. The molecule has 36 heavy (non-hydrogen) atoms. The van der Waals surface area contributed by atoms with Crippen molar-refractivity contribution in [2.75, 3.05) is 17.2 Å². The van der Waals surface area contributed by atoms with Crippen molar-refractivity contribution >= 4 is 17.3 Å². The van der Waals surface area contributed by atoms with E-state index in [4.69, 9.17) is 18.9 Å². The summed E-state index contributed by atoms with van der Waals surface area (Å²) in [6, 6.07) is 7.64. The van der Waals surface area contributed by atoms with Crippen LogP contribution in [0.4, 0.5) is 11.4 Å². The Morgan fingerprint density at radius 2 is 1.47 bits per heavy atom. The summed E-state index contributed by atoms with van der Waals surface area (Å²) in [6.45, 7) is 10.4.